The molecule has 0 atom stereocenters. The SMILES string of the molecule is COc1ncc(Cl)cc1SNc1cccc(B2OC(C)(C)C(C)(C)O2)c1C#N. The van der Waals surface area contributed by atoms with Crippen LogP contribution < -0.4 is 14.9 Å². The first kappa shape index (κ1) is 20.8. The van der Waals surface area contributed by atoms with Crippen molar-refractivity contribution in [2.45, 2.75) is 43.8 Å². The summed E-state index contributed by atoms with van der Waals surface area (Å²) in [5, 5.41) is 10.3. The van der Waals surface area contributed by atoms with E-state index in [1.54, 1.807) is 13.2 Å². The molecule has 28 heavy (non-hydrogen) atoms. The second kappa shape index (κ2) is 7.84. The molecule has 1 N–H and O–H groups in total. The van der Waals surface area contributed by atoms with Crippen LogP contribution in [0.15, 0.2) is 35.4 Å². The molecule has 3 rings (SSSR count). The topological polar surface area (TPSA) is 76.4 Å². The first-order valence-corrected chi connectivity index (χ1v) is 9.89. The Labute approximate surface area is 174 Å². The summed E-state index contributed by atoms with van der Waals surface area (Å²) in [5.74, 6) is 0.447. The molecule has 1 aromatic heterocycles. The first-order chi connectivity index (χ1) is 13.2. The number of nitriles is 1. The smallest absolute Gasteiger partial charge is 0.480 e. The summed E-state index contributed by atoms with van der Waals surface area (Å²) in [6, 6.07) is 9.54. The summed E-state index contributed by atoms with van der Waals surface area (Å²) in [4.78, 5) is 4.85. The molecule has 2 heterocycles. The van der Waals surface area contributed by atoms with Gasteiger partial charge >= 0.3 is 7.12 Å². The van der Waals surface area contributed by atoms with Crippen molar-refractivity contribution in [1.29, 1.82) is 5.26 Å². The summed E-state index contributed by atoms with van der Waals surface area (Å²) in [7, 11) is 0.925. The van der Waals surface area contributed by atoms with Crippen LogP contribution in [0.4, 0.5) is 5.69 Å². The van der Waals surface area contributed by atoms with Gasteiger partial charge in [-0.25, -0.2) is 4.98 Å². The normalized spacial score (nSPS) is 17.2. The zero-order valence-corrected chi connectivity index (χ0v) is 17.9. The molecule has 0 saturated carbocycles. The highest BCUT2D eigenvalue weighted by Crippen LogP contribution is 2.37. The van der Waals surface area contributed by atoms with Crippen molar-refractivity contribution in [3.05, 3.63) is 41.0 Å². The number of rotatable bonds is 5. The molecule has 1 saturated heterocycles. The second-order valence-corrected chi connectivity index (χ2v) is 8.62. The van der Waals surface area contributed by atoms with Crippen LogP contribution in [-0.4, -0.2) is 30.4 Å². The predicted octanol–water partition coefficient (Wildman–Crippen LogP) is 4.03. The number of nitrogens with zero attached hydrogens (tertiary/aromatic N) is 2. The number of ether oxygens (including phenoxy) is 1. The van der Waals surface area contributed by atoms with Gasteiger partial charge in [-0.3, -0.25) is 0 Å². The van der Waals surface area contributed by atoms with Gasteiger partial charge in [0, 0.05) is 11.7 Å². The van der Waals surface area contributed by atoms with Gasteiger partial charge in [0.1, 0.15) is 6.07 Å². The first-order valence-electron chi connectivity index (χ1n) is 8.69. The Bertz CT molecular complexity index is 917. The van der Waals surface area contributed by atoms with E-state index in [1.807, 2.05) is 45.9 Å². The highest BCUT2D eigenvalue weighted by Gasteiger charge is 2.52. The van der Waals surface area contributed by atoms with Gasteiger partial charge in [0.05, 0.1) is 39.5 Å². The number of hydrogen-bond donors (Lipinski definition) is 1. The Balaban J connectivity index is 1.88. The van der Waals surface area contributed by atoms with E-state index in [0.29, 0.717) is 32.5 Å². The highest BCUT2D eigenvalue weighted by atomic mass is 35.5. The van der Waals surface area contributed by atoms with Crippen LogP contribution >= 0.6 is 23.5 Å². The van der Waals surface area contributed by atoms with Crippen molar-refractivity contribution >= 4 is 41.8 Å². The number of halogens is 1. The van der Waals surface area contributed by atoms with Crippen molar-refractivity contribution in [3.8, 4) is 11.9 Å². The van der Waals surface area contributed by atoms with E-state index in [-0.39, 0.29) is 0 Å². The average Bonchev–Trinajstić information content (AvgIpc) is 2.87. The number of nitrogens with one attached hydrogen (secondary N) is 1. The zero-order valence-electron chi connectivity index (χ0n) is 16.4. The fourth-order valence-corrected chi connectivity index (χ4v) is 3.71. The van der Waals surface area contributed by atoms with E-state index in [2.05, 4.69) is 15.8 Å². The summed E-state index contributed by atoms with van der Waals surface area (Å²) in [6.07, 6.45) is 1.52. The van der Waals surface area contributed by atoms with E-state index >= 15 is 0 Å². The van der Waals surface area contributed by atoms with Crippen LogP contribution in [0.25, 0.3) is 0 Å². The number of pyridine rings is 1. The van der Waals surface area contributed by atoms with E-state index in [0.717, 1.165) is 0 Å². The lowest BCUT2D eigenvalue weighted by atomic mass is 9.76. The molecule has 1 aliphatic rings. The Morgan fingerprint density at radius 1 is 1.25 bits per heavy atom. The Hall–Kier alpha value is -1.92. The van der Waals surface area contributed by atoms with Gasteiger partial charge in [0.2, 0.25) is 5.88 Å². The van der Waals surface area contributed by atoms with Crippen LogP contribution in [0.1, 0.15) is 33.3 Å². The molecule has 1 aromatic carbocycles. The summed E-state index contributed by atoms with van der Waals surface area (Å²) in [5.41, 5.74) is 0.817. The Morgan fingerprint density at radius 2 is 1.93 bits per heavy atom. The van der Waals surface area contributed by atoms with Crippen molar-refractivity contribution in [2.24, 2.45) is 0 Å². The molecule has 6 nitrogen and oxygen atoms in total. The van der Waals surface area contributed by atoms with Crippen molar-refractivity contribution in [1.82, 2.24) is 4.98 Å². The lowest BCUT2D eigenvalue weighted by Crippen LogP contribution is -2.41. The van der Waals surface area contributed by atoms with Crippen molar-refractivity contribution < 1.29 is 14.0 Å². The average molecular weight is 418 g/mol. The fourth-order valence-electron chi connectivity index (χ4n) is 2.69. The maximum absolute atomic E-state index is 9.79. The Kier molecular flexibility index (Phi) is 5.83. The predicted molar refractivity (Wildman–Crippen MR) is 112 cm³/mol. The third kappa shape index (κ3) is 3.94. The quantitative estimate of drug-likeness (QED) is 0.581. The van der Waals surface area contributed by atoms with Crippen molar-refractivity contribution in [3.63, 3.8) is 0 Å². The molecule has 146 valence electrons. The van der Waals surface area contributed by atoms with Gasteiger partial charge in [0.15, 0.2) is 0 Å². The third-order valence-corrected chi connectivity index (χ3v) is 6.01. The summed E-state index contributed by atoms with van der Waals surface area (Å²) in [6.45, 7) is 7.93. The van der Waals surface area contributed by atoms with Gasteiger partial charge in [0.25, 0.3) is 0 Å². The monoisotopic (exact) mass is 417 g/mol. The number of hydrogen-bond acceptors (Lipinski definition) is 7. The molecule has 9 heteroatoms. The molecule has 1 fully saturated rings. The molecular formula is C19H21BClN3O3S. The van der Waals surface area contributed by atoms with Gasteiger partial charge in [-0.1, -0.05) is 23.7 Å². The van der Waals surface area contributed by atoms with Gasteiger partial charge in [-0.05, 0) is 51.8 Å². The minimum atomic E-state index is -0.617. The molecule has 1 aliphatic heterocycles. The van der Waals surface area contributed by atoms with Crippen LogP contribution in [0.3, 0.4) is 0 Å². The second-order valence-electron chi connectivity index (χ2n) is 7.33. The zero-order chi connectivity index (χ0) is 20.5. The van der Waals surface area contributed by atoms with Crippen LogP contribution in [0.2, 0.25) is 5.02 Å². The number of methoxy groups -OCH3 is 1. The van der Waals surface area contributed by atoms with E-state index in [9.17, 15) is 5.26 Å². The molecule has 0 amide bonds. The van der Waals surface area contributed by atoms with Gasteiger partial charge < -0.3 is 18.8 Å². The minimum Gasteiger partial charge on any atom is -0.480 e. The van der Waals surface area contributed by atoms with Gasteiger partial charge in [-0.15, -0.1) is 0 Å². The lowest BCUT2D eigenvalue weighted by molar-refractivity contribution is 0.00578. The number of aromatic nitrogens is 1. The summed E-state index contributed by atoms with van der Waals surface area (Å²) >= 11 is 7.30. The maximum atomic E-state index is 9.79. The molecule has 0 bridgehead atoms. The van der Waals surface area contributed by atoms with Crippen molar-refractivity contribution in [2.75, 3.05) is 11.8 Å². The highest BCUT2D eigenvalue weighted by molar-refractivity contribution is 8.00. The Morgan fingerprint density at radius 3 is 2.54 bits per heavy atom. The molecule has 0 aliphatic carbocycles. The third-order valence-electron chi connectivity index (χ3n) is 4.96. The van der Waals surface area contributed by atoms with E-state index < -0.39 is 18.3 Å². The molecule has 0 unspecified atom stereocenters. The molecule has 0 radical (unpaired) electrons. The molecule has 0 spiro atoms. The number of anilines is 1. The maximum Gasteiger partial charge on any atom is 0.496 e. The lowest BCUT2D eigenvalue weighted by Gasteiger charge is -2.32. The molecule has 2 aromatic rings. The van der Waals surface area contributed by atoms with E-state index in [4.69, 9.17) is 25.6 Å². The standard InChI is InChI=1S/C19H21BClN3O3S/c1-18(2)19(3,4)27-20(26-18)14-7-6-8-15(13(14)10-22)24-28-16-9-12(21)11-23-17(16)25-5/h6-9,11,24H,1-5H3. The summed E-state index contributed by atoms with van der Waals surface area (Å²) < 4.78 is 20.7. The number of benzene rings is 1. The fraction of sp³-hybridized carbons (Fsp3) is 0.368. The van der Waals surface area contributed by atoms with Crippen LogP contribution in [0.5, 0.6) is 5.88 Å². The molecular weight excluding hydrogens is 397 g/mol. The van der Waals surface area contributed by atoms with Crippen LogP contribution in [-0.2, 0) is 9.31 Å². The minimum absolute atomic E-state index is 0.447. The van der Waals surface area contributed by atoms with E-state index in [1.165, 1.54) is 18.1 Å². The largest absolute Gasteiger partial charge is 0.496 e. The van der Waals surface area contributed by atoms with Gasteiger partial charge in [-0.2, -0.15) is 5.26 Å². The van der Waals surface area contributed by atoms with Crippen LogP contribution in [0, 0.1) is 11.3 Å².